The summed E-state index contributed by atoms with van der Waals surface area (Å²) in [6.45, 7) is 6.12. The molecular formula is C15H18ClN3. The summed E-state index contributed by atoms with van der Waals surface area (Å²) in [7, 11) is 1.88. The first kappa shape index (κ1) is 13.8. The van der Waals surface area contributed by atoms with Crippen molar-refractivity contribution in [2.45, 2.75) is 27.2 Å². The minimum atomic E-state index is 0.716. The van der Waals surface area contributed by atoms with Gasteiger partial charge in [0, 0.05) is 28.9 Å². The molecule has 0 aliphatic heterocycles. The third-order valence-electron chi connectivity index (χ3n) is 3.25. The molecule has 0 aliphatic rings. The van der Waals surface area contributed by atoms with Crippen molar-refractivity contribution in [2.75, 3.05) is 12.4 Å². The highest BCUT2D eigenvalue weighted by molar-refractivity contribution is 6.31. The van der Waals surface area contributed by atoms with Crippen LogP contribution in [0.25, 0.3) is 11.4 Å². The van der Waals surface area contributed by atoms with Crippen molar-refractivity contribution < 1.29 is 0 Å². The number of aryl methyl sites for hydroxylation is 2. The van der Waals surface area contributed by atoms with Crippen LogP contribution in [0.3, 0.4) is 0 Å². The molecule has 4 heteroatoms. The number of nitrogens with one attached hydrogen (secondary N) is 1. The van der Waals surface area contributed by atoms with Crippen LogP contribution >= 0.6 is 11.6 Å². The highest BCUT2D eigenvalue weighted by Crippen LogP contribution is 2.25. The molecule has 0 bridgehead atoms. The predicted octanol–water partition coefficient (Wildman–Crippen LogP) is 4.02. The summed E-state index contributed by atoms with van der Waals surface area (Å²) in [6, 6.07) is 5.91. The Morgan fingerprint density at radius 3 is 2.53 bits per heavy atom. The van der Waals surface area contributed by atoms with E-state index in [-0.39, 0.29) is 0 Å². The Hall–Kier alpha value is -1.61. The lowest BCUT2D eigenvalue weighted by Gasteiger charge is -2.11. The second kappa shape index (κ2) is 5.57. The van der Waals surface area contributed by atoms with Crippen LogP contribution in [0.5, 0.6) is 0 Å². The van der Waals surface area contributed by atoms with Crippen molar-refractivity contribution in [1.82, 2.24) is 9.97 Å². The molecule has 3 nitrogen and oxygen atoms in total. The van der Waals surface area contributed by atoms with Gasteiger partial charge in [0.1, 0.15) is 5.82 Å². The Morgan fingerprint density at radius 1 is 1.21 bits per heavy atom. The smallest absolute Gasteiger partial charge is 0.161 e. The number of hydrogen-bond donors (Lipinski definition) is 1. The van der Waals surface area contributed by atoms with Crippen LogP contribution in [0.15, 0.2) is 18.2 Å². The molecular weight excluding hydrogens is 258 g/mol. The van der Waals surface area contributed by atoms with Gasteiger partial charge in [-0.2, -0.15) is 0 Å². The summed E-state index contributed by atoms with van der Waals surface area (Å²) >= 11 is 6.17. The van der Waals surface area contributed by atoms with Gasteiger partial charge < -0.3 is 5.32 Å². The zero-order valence-corrected chi connectivity index (χ0v) is 12.5. The van der Waals surface area contributed by atoms with Crippen LogP contribution in [0, 0.1) is 13.8 Å². The lowest BCUT2D eigenvalue weighted by Crippen LogP contribution is -2.04. The first-order chi connectivity index (χ1) is 9.06. The summed E-state index contributed by atoms with van der Waals surface area (Å²) in [5.41, 5.74) is 4.17. The predicted molar refractivity (Wildman–Crippen MR) is 80.9 cm³/mol. The van der Waals surface area contributed by atoms with Crippen molar-refractivity contribution in [3.63, 3.8) is 0 Å². The molecule has 0 saturated heterocycles. The molecule has 2 rings (SSSR count). The third-order valence-corrected chi connectivity index (χ3v) is 3.66. The normalized spacial score (nSPS) is 10.6. The van der Waals surface area contributed by atoms with Crippen LogP contribution in [0.4, 0.5) is 5.82 Å². The summed E-state index contributed by atoms with van der Waals surface area (Å²) in [4.78, 5) is 9.19. The van der Waals surface area contributed by atoms with E-state index >= 15 is 0 Å². The molecule has 1 heterocycles. The van der Waals surface area contributed by atoms with Gasteiger partial charge >= 0.3 is 0 Å². The van der Waals surface area contributed by atoms with E-state index in [0.29, 0.717) is 5.82 Å². The van der Waals surface area contributed by atoms with Crippen molar-refractivity contribution >= 4 is 17.4 Å². The topological polar surface area (TPSA) is 37.8 Å². The summed E-state index contributed by atoms with van der Waals surface area (Å²) in [5.74, 6) is 1.59. The molecule has 2 aromatic rings. The number of halogens is 1. The summed E-state index contributed by atoms with van der Waals surface area (Å²) in [5, 5.41) is 3.86. The molecule has 0 radical (unpaired) electrons. The Balaban J connectivity index is 2.58. The maximum absolute atomic E-state index is 6.17. The van der Waals surface area contributed by atoms with Gasteiger partial charge in [0.15, 0.2) is 5.82 Å². The van der Waals surface area contributed by atoms with Gasteiger partial charge in [0.2, 0.25) is 0 Å². The highest BCUT2D eigenvalue weighted by atomic mass is 35.5. The Morgan fingerprint density at radius 2 is 1.95 bits per heavy atom. The van der Waals surface area contributed by atoms with Gasteiger partial charge in [0.25, 0.3) is 0 Å². The number of hydrogen-bond acceptors (Lipinski definition) is 3. The van der Waals surface area contributed by atoms with Crippen LogP contribution in [-0.2, 0) is 6.42 Å². The van der Waals surface area contributed by atoms with E-state index in [1.807, 2.05) is 39.1 Å². The second-order valence-electron chi connectivity index (χ2n) is 4.54. The van der Waals surface area contributed by atoms with E-state index in [2.05, 4.69) is 22.2 Å². The van der Waals surface area contributed by atoms with E-state index < -0.39 is 0 Å². The van der Waals surface area contributed by atoms with Crippen molar-refractivity contribution in [1.29, 1.82) is 0 Å². The van der Waals surface area contributed by atoms with E-state index in [1.54, 1.807) is 0 Å². The summed E-state index contributed by atoms with van der Waals surface area (Å²) in [6.07, 6.45) is 0.885. The number of anilines is 1. The van der Waals surface area contributed by atoms with E-state index in [1.165, 1.54) is 0 Å². The lowest BCUT2D eigenvalue weighted by molar-refractivity contribution is 0.977. The summed E-state index contributed by atoms with van der Waals surface area (Å²) < 4.78 is 0. The zero-order valence-electron chi connectivity index (χ0n) is 11.7. The molecule has 0 saturated carbocycles. The second-order valence-corrected chi connectivity index (χ2v) is 4.94. The first-order valence-electron chi connectivity index (χ1n) is 6.38. The third kappa shape index (κ3) is 2.71. The first-order valence-corrected chi connectivity index (χ1v) is 6.76. The van der Waals surface area contributed by atoms with Crippen LogP contribution in [0.1, 0.15) is 23.7 Å². The Labute approximate surface area is 119 Å². The van der Waals surface area contributed by atoms with Gasteiger partial charge in [-0.1, -0.05) is 30.7 Å². The van der Waals surface area contributed by atoms with Gasteiger partial charge in [-0.25, -0.2) is 9.97 Å². The molecule has 0 unspecified atom stereocenters. The Kier molecular flexibility index (Phi) is 4.05. The molecule has 100 valence electrons. The van der Waals surface area contributed by atoms with Crippen LogP contribution in [0.2, 0.25) is 5.02 Å². The van der Waals surface area contributed by atoms with Crippen molar-refractivity contribution in [2.24, 2.45) is 0 Å². The maximum Gasteiger partial charge on any atom is 0.161 e. The Bertz CT molecular complexity index is 583. The van der Waals surface area contributed by atoms with E-state index in [9.17, 15) is 0 Å². The van der Waals surface area contributed by atoms with Crippen LogP contribution < -0.4 is 5.32 Å². The maximum atomic E-state index is 6.17. The number of rotatable bonds is 3. The van der Waals surface area contributed by atoms with Crippen molar-refractivity contribution in [3.8, 4) is 11.4 Å². The minimum Gasteiger partial charge on any atom is -0.373 e. The molecule has 0 fully saturated rings. The minimum absolute atomic E-state index is 0.716. The molecule has 0 atom stereocenters. The number of aromatic nitrogens is 2. The van der Waals surface area contributed by atoms with Gasteiger partial charge in [0.05, 0.1) is 0 Å². The largest absolute Gasteiger partial charge is 0.373 e. The van der Waals surface area contributed by atoms with Gasteiger partial charge in [-0.05, 0) is 31.9 Å². The lowest BCUT2D eigenvalue weighted by atomic mass is 10.1. The SMILES string of the molecule is CCc1nc(-c2ccc(C)c(Cl)c2)nc(NC)c1C. The fraction of sp³-hybridized carbons (Fsp3) is 0.333. The monoisotopic (exact) mass is 275 g/mol. The molecule has 0 aliphatic carbocycles. The average Bonchev–Trinajstić information content (AvgIpc) is 2.42. The molecule has 1 aromatic carbocycles. The number of nitrogens with zero attached hydrogens (tertiary/aromatic N) is 2. The highest BCUT2D eigenvalue weighted by Gasteiger charge is 2.11. The standard InChI is InChI=1S/C15H18ClN3/c1-5-13-10(3)14(17-4)19-15(18-13)11-7-6-9(2)12(16)8-11/h6-8H,5H2,1-4H3,(H,17,18,19). The number of benzene rings is 1. The fourth-order valence-corrected chi connectivity index (χ4v) is 2.19. The molecule has 0 spiro atoms. The van der Waals surface area contributed by atoms with E-state index in [4.69, 9.17) is 11.6 Å². The van der Waals surface area contributed by atoms with E-state index in [0.717, 1.165) is 39.6 Å². The van der Waals surface area contributed by atoms with Gasteiger partial charge in [-0.15, -0.1) is 0 Å². The fourth-order valence-electron chi connectivity index (χ4n) is 2.01. The molecule has 1 N–H and O–H groups in total. The zero-order chi connectivity index (χ0) is 14.0. The molecule has 19 heavy (non-hydrogen) atoms. The van der Waals surface area contributed by atoms with Crippen LogP contribution in [-0.4, -0.2) is 17.0 Å². The molecule has 1 aromatic heterocycles. The average molecular weight is 276 g/mol. The van der Waals surface area contributed by atoms with Crippen molar-refractivity contribution in [3.05, 3.63) is 40.0 Å². The van der Waals surface area contributed by atoms with Gasteiger partial charge in [-0.3, -0.25) is 0 Å². The quantitative estimate of drug-likeness (QED) is 0.919. The molecule has 0 amide bonds.